The second-order valence-corrected chi connectivity index (χ2v) is 4.98. The van der Waals surface area contributed by atoms with Crippen molar-refractivity contribution in [2.75, 3.05) is 0 Å². The SMILES string of the molecule is O=C(CCc1cccc(Br)c1)c1ccc(F)cc1. The first-order valence-electron chi connectivity index (χ1n) is 5.68. The monoisotopic (exact) mass is 306 g/mol. The molecule has 3 heteroatoms. The topological polar surface area (TPSA) is 17.1 Å². The first-order valence-corrected chi connectivity index (χ1v) is 6.47. The van der Waals surface area contributed by atoms with Crippen molar-refractivity contribution in [3.63, 3.8) is 0 Å². The highest BCUT2D eigenvalue weighted by Crippen LogP contribution is 2.14. The molecule has 2 aromatic carbocycles. The number of carbonyl (C=O) groups is 1. The van der Waals surface area contributed by atoms with Gasteiger partial charge in [-0.15, -0.1) is 0 Å². The Kier molecular flexibility index (Phi) is 4.26. The number of hydrogen-bond acceptors (Lipinski definition) is 1. The van der Waals surface area contributed by atoms with Gasteiger partial charge in [0.15, 0.2) is 5.78 Å². The Hall–Kier alpha value is -1.48. The van der Waals surface area contributed by atoms with E-state index in [0.717, 1.165) is 10.0 Å². The zero-order chi connectivity index (χ0) is 13.0. The molecular formula is C15H12BrFO. The van der Waals surface area contributed by atoms with Crippen LogP contribution in [0.4, 0.5) is 4.39 Å². The maximum absolute atomic E-state index is 12.7. The molecule has 92 valence electrons. The second-order valence-electron chi connectivity index (χ2n) is 4.06. The highest BCUT2D eigenvalue weighted by molar-refractivity contribution is 9.10. The van der Waals surface area contributed by atoms with Gasteiger partial charge in [0.1, 0.15) is 5.82 Å². The third kappa shape index (κ3) is 3.50. The number of hydrogen-bond donors (Lipinski definition) is 0. The molecule has 2 aromatic rings. The zero-order valence-electron chi connectivity index (χ0n) is 9.70. The maximum Gasteiger partial charge on any atom is 0.163 e. The van der Waals surface area contributed by atoms with E-state index < -0.39 is 0 Å². The summed E-state index contributed by atoms with van der Waals surface area (Å²) < 4.78 is 13.7. The molecule has 0 aliphatic heterocycles. The lowest BCUT2D eigenvalue weighted by atomic mass is 10.0. The van der Waals surface area contributed by atoms with E-state index in [4.69, 9.17) is 0 Å². The molecule has 0 saturated heterocycles. The van der Waals surface area contributed by atoms with E-state index in [1.54, 1.807) is 0 Å². The zero-order valence-corrected chi connectivity index (χ0v) is 11.3. The van der Waals surface area contributed by atoms with Crippen LogP contribution in [-0.4, -0.2) is 5.78 Å². The van der Waals surface area contributed by atoms with E-state index in [1.165, 1.54) is 24.3 Å². The minimum Gasteiger partial charge on any atom is -0.294 e. The summed E-state index contributed by atoms with van der Waals surface area (Å²) in [5.41, 5.74) is 1.67. The van der Waals surface area contributed by atoms with Gasteiger partial charge in [-0.05, 0) is 48.4 Å². The lowest BCUT2D eigenvalue weighted by Crippen LogP contribution is -2.01. The fourth-order valence-electron chi connectivity index (χ4n) is 1.73. The van der Waals surface area contributed by atoms with Gasteiger partial charge in [-0.3, -0.25) is 4.79 Å². The highest BCUT2D eigenvalue weighted by Gasteiger charge is 2.06. The van der Waals surface area contributed by atoms with Crippen molar-refractivity contribution >= 4 is 21.7 Å². The van der Waals surface area contributed by atoms with Crippen LogP contribution in [-0.2, 0) is 6.42 Å². The first-order chi connectivity index (χ1) is 8.65. The molecule has 0 unspecified atom stereocenters. The van der Waals surface area contributed by atoms with Gasteiger partial charge in [0, 0.05) is 16.5 Å². The average molecular weight is 307 g/mol. The largest absolute Gasteiger partial charge is 0.294 e. The van der Waals surface area contributed by atoms with Gasteiger partial charge in [0.2, 0.25) is 0 Å². The van der Waals surface area contributed by atoms with E-state index in [-0.39, 0.29) is 11.6 Å². The quantitative estimate of drug-likeness (QED) is 0.765. The average Bonchev–Trinajstić information content (AvgIpc) is 2.37. The fraction of sp³-hybridized carbons (Fsp3) is 0.133. The summed E-state index contributed by atoms with van der Waals surface area (Å²) in [4.78, 5) is 11.9. The summed E-state index contributed by atoms with van der Waals surface area (Å²) >= 11 is 3.40. The summed E-state index contributed by atoms with van der Waals surface area (Å²) in [5.74, 6) is -0.284. The molecule has 0 aromatic heterocycles. The minimum atomic E-state index is -0.321. The number of Topliss-reactive ketones (excluding diaryl/α,β-unsaturated/α-hetero) is 1. The van der Waals surface area contributed by atoms with Crippen LogP contribution in [0.5, 0.6) is 0 Å². The van der Waals surface area contributed by atoms with Crippen LogP contribution in [0, 0.1) is 5.82 Å². The van der Waals surface area contributed by atoms with Gasteiger partial charge < -0.3 is 0 Å². The molecule has 0 aliphatic rings. The molecule has 2 rings (SSSR count). The Bertz CT molecular complexity index is 549. The normalized spacial score (nSPS) is 10.3. The third-order valence-electron chi connectivity index (χ3n) is 2.70. The molecule has 0 aliphatic carbocycles. The standard InChI is InChI=1S/C15H12BrFO/c16-13-3-1-2-11(10-13)4-9-15(18)12-5-7-14(17)8-6-12/h1-3,5-8,10H,4,9H2. The van der Waals surface area contributed by atoms with Crippen LogP contribution < -0.4 is 0 Å². The van der Waals surface area contributed by atoms with Crippen LogP contribution >= 0.6 is 15.9 Å². The second kappa shape index (κ2) is 5.91. The Morgan fingerprint density at radius 3 is 2.50 bits per heavy atom. The summed E-state index contributed by atoms with van der Waals surface area (Å²) in [7, 11) is 0. The Balaban J connectivity index is 1.98. The van der Waals surface area contributed by atoms with Gasteiger partial charge in [-0.2, -0.15) is 0 Å². The number of aryl methyl sites for hydroxylation is 1. The summed E-state index contributed by atoms with van der Waals surface area (Å²) in [6, 6.07) is 13.6. The minimum absolute atomic E-state index is 0.0370. The molecule has 0 bridgehead atoms. The summed E-state index contributed by atoms with van der Waals surface area (Å²) in [6.45, 7) is 0. The van der Waals surface area contributed by atoms with Gasteiger partial charge in [-0.25, -0.2) is 4.39 Å². The molecule has 0 N–H and O–H groups in total. The Morgan fingerprint density at radius 2 is 1.83 bits per heavy atom. The molecule has 0 spiro atoms. The van der Waals surface area contributed by atoms with Gasteiger partial charge in [-0.1, -0.05) is 28.1 Å². The number of rotatable bonds is 4. The molecule has 0 fully saturated rings. The molecule has 0 radical (unpaired) electrons. The van der Waals surface area contributed by atoms with Gasteiger partial charge >= 0.3 is 0 Å². The molecular weight excluding hydrogens is 295 g/mol. The smallest absolute Gasteiger partial charge is 0.163 e. The van der Waals surface area contributed by atoms with Crippen molar-refractivity contribution in [2.45, 2.75) is 12.8 Å². The summed E-state index contributed by atoms with van der Waals surface area (Å²) in [6.07, 6.45) is 1.12. The predicted octanol–water partition coefficient (Wildman–Crippen LogP) is 4.40. The van der Waals surface area contributed by atoms with E-state index in [1.807, 2.05) is 24.3 Å². The number of benzene rings is 2. The van der Waals surface area contributed by atoms with Crippen molar-refractivity contribution in [1.82, 2.24) is 0 Å². The van der Waals surface area contributed by atoms with Crippen molar-refractivity contribution in [3.8, 4) is 0 Å². The van der Waals surface area contributed by atoms with Crippen LogP contribution in [0.3, 0.4) is 0 Å². The van der Waals surface area contributed by atoms with Gasteiger partial charge in [0.05, 0.1) is 0 Å². The van der Waals surface area contributed by atoms with Crippen molar-refractivity contribution < 1.29 is 9.18 Å². The van der Waals surface area contributed by atoms with E-state index in [2.05, 4.69) is 15.9 Å². The highest BCUT2D eigenvalue weighted by atomic mass is 79.9. The lowest BCUT2D eigenvalue weighted by Gasteiger charge is -2.02. The van der Waals surface area contributed by atoms with E-state index >= 15 is 0 Å². The first kappa shape index (κ1) is 13.0. The predicted molar refractivity (Wildman–Crippen MR) is 73.2 cm³/mol. The number of ketones is 1. The molecule has 1 nitrogen and oxygen atoms in total. The van der Waals surface area contributed by atoms with Crippen LogP contribution in [0.1, 0.15) is 22.3 Å². The maximum atomic E-state index is 12.7. The van der Waals surface area contributed by atoms with Crippen LogP contribution in [0.2, 0.25) is 0 Å². The van der Waals surface area contributed by atoms with Crippen molar-refractivity contribution in [2.24, 2.45) is 0 Å². The van der Waals surface area contributed by atoms with Crippen molar-refractivity contribution in [3.05, 3.63) is 69.9 Å². The van der Waals surface area contributed by atoms with Crippen molar-refractivity contribution in [1.29, 1.82) is 0 Å². The number of halogens is 2. The molecule has 0 heterocycles. The molecule has 0 saturated carbocycles. The van der Waals surface area contributed by atoms with Crippen LogP contribution in [0.25, 0.3) is 0 Å². The Labute approximate surface area is 114 Å². The Morgan fingerprint density at radius 1 is 1.11 bits per heavy atom. The third-order valence-corrected chi connectivity index (χ3v) is 3.19. The fourth-order valence-corrected chi connectivity index (χ4v) is 2.18. The molecule has 18 heavy (non-hydrogen) atoms. The van der Waals surface area contributed by atoms with Crippen LogP contribution in [0.15, 0.2) is 53.0 Å². The molecule has 0 amide bonds. The number of carbonyl (C=O) groups excluding carboxylic acids is 1. The van der Waals surface area contributed by atoms with E-state index in [9.17, 15) is 9.18 Å². The summed E-state index contributed by atoms with van der Waals surface area (Å²) in [5, 5.41) is 0. The lowest BCUT2D eigenvalue weighted by molar-refractivity contribution is 0.0983. The molecule has 0 atom stereocenters. The van der Waals surface area contributed by atoms with Gasteiger partial charge in [0.25, 0.3) is 0 Å². The van der Waals surface area contributed by atoms with E-state index in [0.29, 0.717) is 18.4 Å².